The van der Waals surface area contributed by atoms with Gasteiger partial charge in [-0.2, -0.15) is 0 Å². The van der Waals surface area contributed by atoms with E-state index in [0.29, 0.717) is 6.61 Å². The molecule has 2 atom stereocenters. The summed E-state index contributed by atoms with van der Waals surface area (Å²) in [6, 6.07) is 21.5. The lowest BCUT2D eigenvalue weighted by atomic mass is 10.1. The Labute approximate surface area is 192 Å². The van der Waals surface area contributed by atoms with Gasteiger partial charge in [0.25, 0.3) is 8.32 Å². The molecule has 0 aromatic heterocycles. The fourth-order valence-corrected chi connectivity index (χ4v) is 8.79. The number of benzene rings is 2. The second kappa shape index (κ2) is 9.02. The van der Waals surface area contributed by atoms with Crippen molar-refractivity contribution < 1.29 is 9.16 Å². The maximum absolute atomic E-state index is 7.25. The van der Waals surface area contributed by atoms with Crippen LogP contribution in [0.15, 0.2) is 82.3 Å². The highest BCUT2D eigenvalue weighted by Crippen LogP contribution is 2.42. The number of epoxide rings is 1. The Kier molecular flexibility index (Phi) is 7.06. The number of allylic oxidation sites excluding steroid dienone is 2. The Bertz CT molecular complexity index is 825. The van der Waals surface area contributed by atoms with Crippen molar-refractivity contribution in [2.24, 2.45) is 0 Å². The molecular weight excluding hydrogens is 508 g/mol. The molecule has 0 aliphatic carbocycles. The van der Waals surface area contributed by atoms with E-state index < -0.39 is 8.32 Å². The molecule has 0 saturated carbocycles. The lowest BCUT2D eigenvalue weighted by molar-refractivity contribution is 0.135. The minimum atomic E-state index is -2.63. The van der Waals surface area contributed by atoms with E-state index in [1.54, 1.807) is 0 Å². The fourth-order valence-electron chi connectivity index (χ4n) is 3.76. The predicted molar refractivity (Wildman–Crippen MR) is 132 cm³/mol. The van der Waals surface area contributed by atoms with Gasteiger partial charge < -0.3 is 9.16 Å². The molecule has 0 spiro atoms. The molecule has 0 unspecified atom stereocenters. The summed E-state index contributed by atoms with van der Waals surface area (Å²) in [6.45, 7) is 9.73. The molecule has 29 heavy (non-hydrogen) atoms. The highest BCUT2D eigenvalue weighted by molar-refractivity contribution is 9.28. The van der Waals surface area contributed by atoms with Crippen molar-refractivity contribution in [3.63, 3.8) is 0 Å². The van der Waals surface area contributed by atoms with Crippen molar-refractivity contribution >= 4 is 50.6 Å². The molecule has 2 aromatic rings. The zero-order chi connectivity index (χ0) is 21.1. The van der Waals surface area contributed by atoms with Gasteiger partial charge in [-0.25, -0.2) is 0 Å². The lowest BCUT2D eigenvalue weighted by Crippen LogP contribution is -2.68. The van der Waals surface area contributed by atoms with Crippen molar-refractivity contribution in [2.45, 2.75) is 44.4 Å². The third-order valence-electron chi connectivity index (χ3n) is 5.43. The van der Waals surface area contributed by atoms with E-state index in [1.807, 2.05) is 12.2 Å². The molecule has 1 heterocycles. The van der Waals surface area contributed by atoms with Gasteiger partial charge in [0.1, 0.15) is 5.60 Å². The second-order valence-corrected chi connectivity index (χ2v) is 15.7. The first-order chi connectivity index (χ1) is 13.7. The molecule has 0 bridgehead atoms. The average molecular weight is 536 g/mol. The van der Waals surface area contributed by atoms with Gasteiger partial charge in [-0.1, -0.05) is 93.6 Å². The molecule has 0 radical (unpaired) electrons. The summed E-state index contributed by atoms with van der Waals surface area (Å²) >= 11 is 6.84. The molecule has 2 aromatic carbocycles. The Morgan fingerprint density at radius 2 is 1.52 bits per heavy atom. The van der Waals surface area contributed by atoms with Gasteiger partial charge in [-0.05, 0) is 60.3 Å². The quantitative estimate of drug-likeness (QED) is 0.250. The van der Waals surface area contributed by atoms with Crippen LogP contribution >= 0.6 is 31.9 Å². The van der Waals surface area contributed by atoms with Crippen molar-refractivity contribution in [2.75, 3.05) is 6.61 Å². The zero-order valence-electron chi connectivity index (χ0n) is 17.4. The monoisotopic (exact) mass is 534 g/mol. The van der Waals surface area contributed by atoms with Gasteiger partial charge in [0, 0.05) is 0 Å². The van der Waals surface area contributed by atoms with Gasteiger partial charge in [0.05, 0.1) is 16.1 Å². The molecule has 154 valence electrons. The number of hydrogen-bond donors (Lipinski definition) is 0. The molecule has 1 saturated heterocycles. The summed E-state index contributed by atoms with van der Waals surface area (Å²) < 4.78 is 14.0. The molecule has 3 rings (SSSR count). The summed E-state index contributed by atoms with van der Waals surface area (Å²) in [5, 5.41) is 2.48. The average Bonchev–Trinajstić information content (AvgIpc) is 3.43. The van der Waals surface area contributed by atoms with Crippen LogP contribution in [-0.2, 0) is 9.16 Å². The summed E-state index contributed by atoms with van der Waals surface area (Å²) in [7, 11) is -2.63. The Hall–Kier alpha value is -0.983. The van der Waals surface area contributed by atoms with Gasteiger partial charge in [0.2, 0.25) is 0 Å². The summed E-state index contributed by atoms with van der Waals surface area (Å²) in [6.07, 6.45) is 5.96. The van der Waals surface area contributed by atoms with Crippen LogP contribution in [0.3, 0.4) is 0 Å². The highest BCUT2D eigenvalue weighted by atomic mass is 79.9. The number of halogens is 2. The number of hydrogen-bond acceptors (Lipinski definition) is 2. The van der Waals surface area contributed by atoms with E-state index in [1.165, 1.54) is 10.4 Å². The van der Waals surface area contributed by atoms with Crippen molar-refractivity contribution in [1.29, 1.82) is 0 Å². The van der Waals surface area contributed by atoms with E-state index in [0.717, 1.165) is 3.39 Å². The fraction of sp³-hybridized carbons (Fsp3) is 0.333. The highest BCUT2D eigenvalue weighted by Gasteiger charge is 2.56. The molecule has 5 heteroatoms. The molecular formula is C24H28Br2O2Si. The van der Waals surface area contributed by atoms with Crippen LogP contribution < -0.4 is 10.4 Å². The summed E-state index contributed by atoms with van der Waals surface area (Å²) in [4.78, 5) is 0. The SMILES string of the molecule is CC(C)(C)[Si](O[C@H](/C=C/C=C(Br)Br)[C@]1(C)CO1)(c1ccccc1)c1ccccc1. The van der Waals surface area contributed by atoms with Crippen LogP contribution in [0.25, 0.3) is 0 Å². The second-order valence-electron chi connectivity index (χ2n) is 8.64. The number of rotatable bonds is 7. The molecule has 1 aliphatic rings. The van der Waals surface area contributed by atoms with E-state index >= 15 is 0 Å². The smallest absolute Gasteiger partial charge is 0.262 e. The minimum absolute atomic E-state index is 0.0705. The van der Waals surface area contributed by atoms with Crippen LogP contribution in [0.1, 0.15) is 27.7 Å². The molecule has 1 aliphatic heterocycles. The third kappa shape index (κ3) is 5.02. The van der Waals surface area contributed by atoms with Crippen LogP contribution in [0.4, 0.5) is 0 Å². The Balaban J connectivity index is 2.16. The van der Waals surface area contributed by atoms with Crippen molar-refractivity contribution in [3.8, 4) is 0 Å². The summed E-state index contributed by atoms with van der Waals surface area (Å²) in [5.41, 5.74) is -0.295. The first kappa shape index (κ1) is 22.7. The Morgan fingerprint density at radius 3 is 1.90 bits per heavy atom. The topological polar surface area (TPSA) is 21.8 Å². The maximum atomic E-state index is 7.25. The lowest BCUT2D eigenvalue weighted by Gasteiger charge is -2.45. The van der Waals surface area contributed by atoms with Gasteiger partial charge in [-0.15, -0.1) is 0 Å². The molecule has 0 N–H and O–H groups in total. The maximum Gasteiger partial charge on any atom is 0.262 e. The summed E-state index contributed by atoms with van der Waals surface area (Å²) in [5.74, 6) is 0. The van der Waals surface area contributed by atoms with E-state index in [4.69, 9.17) is 9.16 Å². The first-order valence-electron chi connectivity index (χ1n) is 9.81. The van der Waals surface area contributed by atoms with Gasteiger partial charge in [-0.3, -0.25) is 0 Å². The van der Waals surface area contributed by atoms with Crippen molar-refractivity contribution in [3.05, 3.63) is 82.3 Å². The van der Waals surface area contributed by atoms with Gasteiger partial charge in [0.15, 0.2) is 0 Å². The Morgan fingerprint density at radius 1 is 1.03 bits per heavy atom. The van der Waals surface area contributed by atoms with Crippen molar-refractivity contribution in [1.82, 2.24) is 0 Å². The standard InChI is InChI=1S/C24H28Br2O2Si/c1-23(2,3)29(19-12-7-5-8-13-19,20-14-9-6-10-15-20)28-21(24(4)18-27-24)16-11-17-22(25)26/h5-17,21H,18H2,1-4H3/b16-11+/t21-,24+/m1/s1. The largest absolute Gasteiger partial charge is 0.398 e. The van der Waals surface area contributed by atoms with E-state index in [-0.39, 0.29) is 16.7 Å². The van der Waals surface area contributed by atoms with E-state index in [2.05, 4.69) is 126 Å². The minimum Gasteiger partial charge on any atom is -0.398 e. The third-order valence-corrected chi connectivity index (χ3v) is 11.0. The van der Waals surface area contributed by atoms with Crippen LogP contribution in [0.5, 0.6) is 0 Å². The molecule has 1 fully saturated rings. The number of ether oxygens (including phenoxy) is 1. The predicted octanol–water partition coefficient (Wildman–Crippen LogP) is 5.91. The normalized spacial score (nSPS) is 20.5. The van der Waals surface area contributed by atoms with Crippen LogP contribution in [0.2, 0.25) is 5.04 Å². The van der Waals surface area contributed by atoms with E-state index in [9.17, 15) is 0 Å². The molecule has 0 amide bonds. The van der Waals surface area contributed by atoms with Crippen LogP contribution in [0, 0.1) is 0 Å². The molecule has 2 nitrogen and oxygen atoms in total. The first-order valence-corrected chi connectivity index (χ1v) is 13.3. The van der Waals surface area contributed by atoms with Crippen LogP contribution in [-0.4, -0.2) is 26.6 Å². The zero-order valence-corrected chi connectivity index (χ0v) is 21.5. The van der Waals surface area contributed by atoms with Gasteiger partial charge >= 0.3 is 0 Å².